The number of benzene rings is 1. The number of fused-ring (bicyclic) bond motifs is 4. The van der Waals surface area contributed by atoms with Crippen molar-refractivity contribution in [1.82, 2.24) is 15.3 Å². The van der Waals surface area contributed by atoms with Crippen LogP contribution in [-0.4, -0.2) is 35.0 Å². The van der Waals surface area contributed by atoms with Crippen molar-refractivity contribution in [3.63, 3.8) is 0 Å². The van der Waals surface area contributed by atoms with E-state index < -0.39 is 6.09 Å². The number of carbonyl (C=O) groups excluding carboxylic acids is 3. The zero-order valence-corrected chi connectivity index (χ0v) is 20.4. The summed E-state index contributed by atoms with van der Waals surface area (Å²) in [6.45, 7) is 0. The van der Waals surface area contributed by atoms with Crippen molar-refractivity contribution in [1.29, 1.82) is 0 Å². The predicted octanol–water partition coefficient (Wildman–Crippen LogP) is 5.32. The van der Waals surface area contributed by atoms with Crippen molar-refractivity contribution in [3.05, 3.63) is 41.3 Å². The van der Waals surface area contributed by atoms with E-state index >= 15 is 0 Å². The van der Waals surface area contributed by atoms with Crippen molar-refractivity contribution < 1.29 is 19.1 Å². The maximum Gasteiger partial charge on any atom is 0.411 e. The van der Waals surface area contributed by atoms with Crippen molar-refractivity contribution in [3.8, 4) is 11.3 Å². The molecule has 1 aliphatic heterocycles. The second kappa shape index (κ2) is 11.4. The molecule has 4 N–H and O–H groups in total. The Labute approximate surface area is 209 Å². The molecule has 2 aliphatic rings. The SMILES string of the molecule is COC(=O)Nc1ccc2c(c1)NC(=O)CC/C=C/CC(NC(=O)C1CCCCC1)c1nc-2c(Cl)[nH]1. The van der Waals surface area contributed by atoms with Gasteiger partial charge in [-0.25, -0.2) is 9.78 Å². The van der Waals surface area contributed by atoms with Crippen LogP contribution in [0.4, 0.5) is 16.2 Å². The van der Waals surface area contributed by atoms with Gasteiger partial charge in [-0.05, 0) is 43.9 Å². The van der Waals surface area contributed by atoms with Gasteiger partial charge in [-0.3, -0.25) is 14.9 Å². The standard InChI is InChI=1S/C25H30ClN5O4/c1-35-25(34)27-16-12-13-17-19(14-16)28-20(32)11-7-3-6-10-18(23-30-21(17)22(26)31-23)29-24(33)15-8-4-2-5-9-15/h3,6,12-15,18H,2,4-5,7-11H2,1H3,(H,27,34)(H,28,32)(H,29,33)(H,30,31)/b6-3+. The van der Waals surface area contributed by atoms with E-state index in [1.807, 2.05) is 12.2 Å². The fourth-order valence-corrected chi connectivity index (χ4v) is 4.72. The lowest BCUT2D eigenvalue weighted by Gasteiger charge is -2.23. The molecule has 2 aromatic rings. The van der Waals surface area contributed by atoms with Crippen LogP contribution in [0.1, 0.15) is 63.2 Å². The average molecular weight is 500 g/mol. The molecule has 1 atom stereocenters. The molecule has 10 heteroatoms. The van der Waals surface area contributed by atoms with E-state index in [1.165, 1.54) is 13.5 Å². The van der Waals surface area contributed by atoms with Gasteiger partial charge in [0.05, 0.1) is 18.8 Å². The van der Waals surface area contributed by atoms with Gasteiger partial charge in [0.2, 0.25) is 11.8 Å². The molecule has 0 saturated heterocycles. The van der Waals surface area contributed by atoms with Crippen LogP contribution in [0, 0.1) is 5.92 Å². The Kier molecular flexibility index (Phi) is 8.07. The summed E-state index contributed by atoms with van der Waals surface area (Å²) in [6, 6.07) is 4.65. The number of hydrogen-bond acceptors (Lipinski definition) is 5. The quantitative estimate of drug-likeness (QED) is 0.425. The van der Waals surface area contributed by atoms with Crippen molar-refractivity contribution in [2.75, 3.05) is 17.7 Å². The minimum atomic E-state index is -0.623. The first-order valence-electron chi connectivity index (χ1n) is 11.9. The molecule has 0 radical (unpaired) electrons. The summed E-state index contributed by atoms with van der Waals surface area (Å²) in [4.78, 5) is 45.1. The van der Waals surface area contributed by atoms with Crippen LogP contribution < -0.4 is 16.0 Å². The number of allylic oxidation sites excluding steroid dienone is 1. The average Bonchev–Trinajstić information content (AvgIpc) is 3.24. The maximum absolute atomic E-state index is 13.0. The van der Waals surface area contributed by atoms with Crippen molar-refractivity contribution in [2.24, 2.45) is 5.92 Å². The number of nitrogens with zero attached hydrogens (tertiary/aromatic N) is 1. The minimum absolute atomic E-state index is 0.0190. The number of methoxy groups -OCH3 is 1. The molecule has 1 aliphatic carbocycles. The number of halogens is 1. The van der Waals surface area contributed by atoms with E-state index in [-0.39, 0.29) is 30.2 Å². The third-order valence-electron chi connectivity index (χ3n) is 6.36. The fraction of sp³-hybridized carbons (Fsp3) is 0.440. The zero-order chi connectivity index (χ0) is 24.8. The minimum Gasteiger partial charge on any atom is -0.453 e. The molecule has 186 valence electrons. The predicted molar refractivity (Wildman–Crippen MR) is 134 cm³/mol. The van der Waals surface area contributed by atoms with Crippen LogP contribution in [0.15, 0.2) is 30.4 Å². The van der Waals surface area contributed by atoms with Crippen LogP contribution in [-0.2, 0) is 14.3 Å². The summed E-state index contributed by atoms with van der Waals surface area (Å²) in [5.41, 5.74) is 1.94. The van der Waals surface area contributed by atoms with Gasteiger partial charge in [0.15, 0.2) is 0 Å². The highest BCUT2D eigenvalue weighted by Crippen LogP contribution is 2.36. The molecule has 1 aromatic carbocycles. The molecule has 1 aromatic heterocycles. The molecule has 3 amide bonds. The lowest BCUT2D eigenvalue weighted by molar-refractivity contribution is -0.126. The van der Waals surface area contributed by atoms with E-state index in [2.05, 4.69) is 25.7 Å². The molecule has 2 bridgehead atoms. The summed E-state index contributed by atoms with van der Waals surface area (Å²) in [5, 5.41) is 8.95. The number of amides is 3. The molecule has 4 rings (SSSR count). The second-order valence-corrected chi connectivity index (χ2v) is 9.23. The van der Waals surface area contributed by atoms with Crippen LogP contribution in [0.25, 0.3) is 11.3 Å². The normalized spacial score (nSPS) is 19.7. The highest BCUT2D eigenvalue weighted by molar-refractivity contribution is 6.32. The highest BCUT2D eigenvalue weighted by atomic mass is 35.5. The van der Waals surface area contributed by atoms with Crippen LogP contribution in [0.5, 0.6) is 0 Å². The number of aromatic amines is 1. The first kappa shape index (κ1) is 24.8. The third-order valence-corrected chi connectivity index (χ3v) is 6.63. The monoisotopic (exact) mass is 499 g/mol. The maximum atomic E-state index is 13.0. The second-order valence-electron chi connectivity index (χ2n) is 8.85. The molecule has 35 heavy (non-hydrogen) atoms. The Balaban J connectivity index is 1.68. The molecular formula is C25H30ClN5O4. The Hall–Kier alpha value is -3.33. The molecule has 2 heterocycles. The Morgan fingerprint density at radius 3 is 2.74 bits per heavy atom. The third kappa shape index (κ3) is 6.22. The molecule has 0 spiro atoms. The number of nitrogens with one attached hydrogen (secondary N) is 4. The largest absolute Gasteiger partial charge is 0.453 e. The highest BCUT2D eigenvalue weighted by Gasteiger charge is 2.26. The lowest BCUT2D eigenvalue weighted by Crippen LogP contribution is -2.35. The summed E-state index contributed by atoms with van der Waals surface area (Å²) < 4.78 is 4.66. The first-order valence-corrected chi connectivity index (χ1v) is 12.3. The summed E-state index contributed by atoms with van der Waals surface area (Å²) in [7, 11) is 1.27. The van der Waals surface area contributed by atoms with Gasteiger partial charge >= 0.3 is 6.09 Å². The van der Waals surface area contributed by atoms with E-state index in [0.717, 1.165) is 25.7 Å². The van der Waals surface area contributed by atoms with Gasteiger partial charge in [0.25, 0.3) is 0 Å². The van der Waals surface area contributed by atoms with Crippen molar-refractivity contribution in [2.45, 2.75) is 57.4 Å². The summed E-state index contributed by atoms with van der Waals surface area (Å²) >= 11 is 6.56. The van der Waals surface area contributed by atoms with E-state index in [1.54, 1.807) is 18.2 Å². The number of carbonyl (C=O) groups is 3. The molecular weight excluding hydrogens is 470 g/mol. The van der Waals surface area contributed by atoms with Gasteiger partial charge in [0, 0.05) is 23.6 Å². The Morgan fingerprint density at radius 2 is 1.97 bits per heavy atom. The van der Waals surface area contributed by atoms with E-state index in [0.29, 0.717) is 46.5 Å². The number of rotatable bonds is 3. The molecule has 1 unspecified atom stereocenters. The van der Waals surface area contributed by atoms with Gasteiger partial charge in [-0.1, -0.05) is 43.0 Å². The number of hydrogen-bond donors (Lipinski definition) is 4. The van der Waals surface area contributed by atoms with Gasteiger partial charge in [0.1, 0.15) is 16.7 Å². The first-order chi connectivity index (χ1) is 16.9. The number of ether oxygens (including phenoxy) is 1. The number of anilines is 2. The number of aromatic nitrogens is 2. The summed E-state index contributed by atoms with van der Waals surface area (Å²) in [6.07, 6.45) is 9.75. The molecule has 1 fully saturated rings. The van der Waals surface area contributed by atoms with Crippen LogP contribution in [0.2, 0.25) is 5.15 Å². The molecule has 9 nitrogen and oxygen atoms in total. The smallest absolute Gasteiger partial charge is 0.411 e. The topological polar surface area (TPSA) is 125 Å². The van der Waals surface area contributed by atoms with Gasteiger partial charge in [-0.15, -0.1) is 0 Å². The van der Waals surface area contributed by atoms with E-state index in [9.17, 15) is 14.4 Å². The zero-order valence-electron chi connectivity index (χ0n) is 19.7. The number of imidazole rings is 1. The van der Waals surface area contributed by atoms with Crippen LogP contribution in [0.3, 0.4) is 0 Å². The van der Waals surface area contributed by atoms with E-state index in [4.69, 9.17) is 16.6 Å². The number of H-pyrrole nitrogens is 1. The van der Waals surface area contributed by atoms with Gasteiger partial charge in [-0.2, -0.15) is 0 Å². The Morgan fingerprint density at radius 1 is 1.17 bits per heavy atom. The fourth-order valence-electron chi connectivity index (χ4n) is 4.48. The van der Waals surface area contributed by atoms with Gasteiger partial charge < -0.3 is 20.4 Å². The molecule has 1 saturated carbocycles. The summed E-state index contributed by atoms with van der Waals surface area (Å²) in [5.74, 6) is 0.425. The van der Waals surface area contributed by atoms with Crippen LogP contribution >= 0.6 is 11.6 Å². The Bertz CT molecular complexity index is 1120. The van der Waals surface area contributed by atoms with Crippen molar-refractivity contribution >= 4 is 40.9 Å². The lowest BCUT2D eigenvalue weighted by atomic mass is 9.88.